The maximum absolute atomic E-state index is 11.3. The van der Waals surface area contributed by atoms with E-state index in [0.717, 1.165) is 11.8 Å². The molecule has 0 fully saturated rings. The molecule has 0 bridgehead atoms. The number of hydrogen-bond acceptors (Lipinski definition) is 7. The summed E-state index contributed by atoms with van der Waals surface area (Å²) in [6.07, 6.45) is 2.79. The third-order valence-electron chi connectivity index (χ3n) is 3.10. The Bertz CT molecular complexity index is 921. The van der Waals surface area contributed by atoms with Crippen LogP contribution in [0.4, 0.5) is 0 Å². The smallest absolute Gasteiger partial charge is 0.213 e. The minimum absolute atomic E-state index is 0.0847. The van der Waals surface area contributed by atoms with E-state index in [2.05, 4.69) is 15.2 Å². The molecule has 7 nitrogen and oxygen atoms in total. The summed E-state index contributed by atoms with van der Waals surface area (Å²) < 4.78 is 10.4. The van der Waals surface area contributed by atoms with Crippen LogP contribution in [0, 0.1) is 0 Å². The van der Waals surface area contributed by atoms with Crippen LogP contribution >= 0.6 is 23.4 Å². The maximum atomic E-state index is 11.3. The summed E-state index contributed by atoms with van der Waals surface area (Å²) in [7, 11) is 1.53. The molecule has 0 saturated carbocycles. The number of aromatic nitrogens is 3. The lowest BCUT2D eigenvalue weighted by Crippen LogP contribution is -2.23. The third kappa shape index (κ3) is 4.04. The Labute approximate surface area is 151 Å². The standard InChI is InChI=1S/C16H12ClN3O4S/c1-23-12-5-4-9(17)7-11(12)14-18-16(20-19-14)25-13(15(21)22)8-10-3-2-6-24-10/h2-8H,1H3,(H,21,22)(H,18,19,20)/p-1/b13-8-. The number of aliphatic carboxylic acids is 1. The van der Waals surface area contributed by atoms with Crippen LogP contribution in [0.3, 0.4) is 0 Å². The van der Waals surface area contributed by atoms with Crippen molar-refractivity contribution in [2.24, 2.45) is 0 Å². The average Bonchev–Trinajstić information content (AvgIpc) is 3.26. The van der Waals surface area contributed by atoms with E-state index in [-0.39, 0.29) is 10.1 Å². The Kier molecular flexibility index (Phi) is 5.11. The molecule has 0 aliphatic rings. The number of nitrogens with one attached hydrogen (secondary N) is 1. The van der Waals surface area contributed by atoms with Crippen molar-refractivity contribution < 1.29 is 19.1 Å². The summed E-state index contributed by atoms with van der Waals surface area (Å²) in [5.41, 5.74) is 0.611. The molecule has 0 unspecified atom stereocenters. The van der Waals surface area contributed by atoms with E-state index in [1.54, 1.807) is 30.3 Å². The summed E-state index contributed by atoms with van der Waals surface area (Å²) >= 11 is 6.85. The zero-order valence-corrected chi connectivity index (χ0v) is 14.4. The fraction of sp³-hybridized carbons (Fsp3) is 0.0625. The van der Waals surface area contributed by atoms with Crippen LogP contribution in [-0.4, -0.2) is 28.3 Å². The number of carbonyl (C=O) groups excluding carboxylic acids is 1. The lowest BCUT2D eigenvalue weighted by molar-refractivity contribution is -0.298. The molecule has 1 N–H and O–H groups in total. The fourth-order valence-corrected chi connectivity index (χ4v) is 2.86. The first-order valence-electron chi connectivity index (χ1n) is 6.97. The minimum atomic E-state index is -1.35. The van der Waals surface area contributed by atoms with Gasteiger partial charge in [0.25, 0.3) is 0 Å². The van der Waals surface area contributed by atoms with Gasteiger partial charge in [0.05, 0.1) is 24.9 Å². The van der Waals surface area contributed by atoms with Gasteiger partial charge in [0, 0.05) is 9.93 Å². The Hall–Kier alpha value is -2.71. The number of H-pyrrole nitrogens is 1. The van der Waals surface area contributed by atoms with Crippen molar-refractivity contribution in [3.05, 3.63) is 52.3 Å². The van der Waals surface area contributed by atoms with Crippen molar-refractivity contribution in [3.63, 3.8) is 0 Å². The number of thioether (sulfide) groups is 1. The zero-order valence-electron chi connectivity index (χ0n) is 12.9. The Balaban J connectivity index is 1.89. The Morgan fingerprint density at radius 1 is 1.44 bits per heavy atom. The molecule has 9 heteroatoms. The van der Waals surface area contributed by atoms with Crippen molar-refractivity contribution >= 4 is 35.4 Å². The van der Waals surface area contributed by atoms with E-state index in [4.69, 9.17) is 20.8 Å². The van der Waals surface area contributed by atoms with Gasteiger partial charge in [-0.25, -0.2) is 4.98 Å². The Morgan fingerprint density at radius 3 is 2.96 bits per heavy atom. The molecule has 1 aromatic carbocycles. The lowest BCUT2D eigenvalue weighted by Gasteiger charge is -2.06. The van der Waals surface area contributed by atoms with Gasteiger partial charge < -0.3 is 19.1 Å². The van der Waals surface area contributed by atoms with Gasteiger partial charge in [-0.1, -0.05) is 11.6 Å². The van der Waals surface area contributed by atoms with E-state index in [1.807, 2.05) is 0 Å². The maximum Gasteiger partial charge on any atom is 0.213 e. The fourth-order valence-electron chi connectivity index (χ4n) is 2.01. The summed E-state index contributed by atoms with van der Waals surface area (Å²) in [4.78, 5) is 15.5. The number of carboxylic acid groups (broad SMARTS) is 1. The van der Waals surface area contributed by atoms with Gasteiger partial charge in [0.2, 0.25) is 5.16 Å². The molecule has 0 spiro atoms. The van der Waals surface area contributed by atoms with Gasteiger partial charge in [-0.15, -0.1) is 5.10 Å². The molecule has 25 heavy (non-hydrogen) atoms. The van der Waals surface area contributed by atoms with Crippen LogP contribution in [-0.2, 0) is 4.79 Å². The predicted molar refractivity (Wildman–Crippen MR) is 90.9 cm³/mol. The first-order valence-corrected chi connectivity index (χ1v) is 8.17. The van der Waals surface area contributed by atoms with Crippen LogP contribution in [0.1, 0.15) is 5.76 Å². The first kappa shape index (κ1) is 17.1. The van der Waals surface area contributed by atoms with Crippen molar-refractivity contribution in [3.8, 4) is 17.1 Å². The summed E-state index contributed by atoms with van der Waals surface area (Å²) in [5, 5.41) is 18.8. The highest BCUT2D eigenvalue weighted by atomic mass is 35.5. The molecule has 3 rings (SSSR count). The van der Waals surface area contributed by atoms with E-state index < -0.39 is 5.97 Å². The molecule has 0 amide bonds. The Morgan fingerprint density at radius 2 is 2.28 bits per heavy atom. The topological polar surface area (TPSA) is 104 Å². The quantitative estimate of drug-likeness (QED) is 0.520. The van der Waals surface area contributed by atoms with Crippen molar-refractivity contribution in [1.29, 1.82) is 0 Å². The summed E-state index contributed by atoms with van der Waals surface area (Å²) in [5.74, 6) is -0.00652. The first-order chi connectivity index (χ1) is 12.1. The van der Waals surface area contributed by atoms with E-state index >= 15 is 0 Å². The van der Waals surface area contributed by atoms with E-state index in [1.165, 1.54) is 19.4 Å². The van der Waals surface area contributed by atoms with Gasteiger partial charge in [-0.3, -0.25) is 5.10 Å². The number of halogens is 1. The number of nitrogens with zero attached hydrogens (tertiary/aromatic N) is 2. The van der Waals surface area contributed by atoms with Crippen LogP contribution in [0.25, 0.3) is 17.5 Å². The molecule has 2 heterocycles. The molecule has 2 aromatic heterocycles. The monoisotopic (exact) mass is 376 g/mol. The summed E-state index contributed by atoms with van der Waals surface area (Å²) in [6.45, 7) is 0. The van der Waals surface area contributed by atoms with Gasteiger partial charge in [-0.2, -0.15) is 0 Å². The number of benzene rings is 1. The average molecular weight is 377 g/mol. The van der Waals surface area contributed by atoms with Crippen LogP contribution in [0.2, 0.25) is 5.02 Å². The zero-order chi connectivity index (χ0) is 17.8. The van der Waals surface area contributed by atoms with Gasteiger partial charge >= 0.3 is 0 Å². The molecule has 0 aliphatic carbocycles. The van der Waals surface area contributed by atoms with Crippen LogP contribution in [0.5, 0.6) is 5.75 Å². The van der Waals surface area contributed by atoms with E-state index in [0.29, 0.717) is 27.9 Å². The SMILES string of the molecule is COc1ccc(Cl)cc1-c1nc(S/C(=C\c2ccco2)C(=O)[O-])n[nH]1. The second-order valence-electron chi connectivity index (χ2n) is 4.72. The largest absolute Gasteiger partial charge is 0.544 e. The van der Waals surface area contributed by atoms with Gasteiger partial charge in [0.1, 0.15) is 11.5 Å². The molecular formula is C16H11ClN3O4S-. The third-order valence-corrected chi connectivity index (χ3v) is 4.21. The van der Waals surface area contributed by atoms with Gasteiger partial charge in [-0.05, 0) is 48.2 Å². The second-order valence-corrected chi connectivity index (χ2v) is 6.17. The highest BCUT2D eigenvalue weighted by molar-refractivity contribution is 8.04. The normalized spacial score (nSPS) is 11.5. The molecule has 3 aromatic rings. The minimum Gasteiger partial charge on any atom is -0.544 e. The number of aromatic amines is 1. The molecular weight excluding hydrogens is 366 g/mol. The van der Waals surface area contributed by atoms with Crippen molar-refractivity contribution in [2.75, 3.05) is 7.11 Å². The molecule has 0 radical (unpaired) electrons. The number of methoxy groups -OCH3 is 1. The highest BCUT2D eigenvalue weighted by Crippen LogP contribution is 2.32. The van der Waals surface area contributed by atoms with Crippen molar-refractivity contribution in [2.45, 2.75) is 5.16 Å². The van der Waals surface area contributed by atoms with Crippen LogP contribution < -0.4 is 9.84 Å². The number of carbonyl (C=O) groups is 1. The van der Waals surface area contributed by atoms with Crippen LogP contribution in [0.15, 0.2) is 51.1 Å². The second kappa shape index (κ2) is 7.45. The molecule has 0 atom stereocenters. The van der Waals surface area contributed by atoms with E-state index in [9.17, 15) is 9.90 Å². The lowest BCUT2D eigenvalue weighted by atomic mass is 10.2. The number of carboxylic acids is 1. The molecule has 128 valence electrons. The number of furan rings is 1. The van der Waals surface area contributed by atoms with Crippen molar-refractivity contribution in [1.82, 2.24) is 15.2 Å². The molecule has 0 aliphatic heterocycles. The number of rotatable bonds is 6. The predicted octanol–water partition coefficient (Wildman–Crippen LogP) is 2.61. The van der Waals surface area contributed by atoms with Gasteiger partial charge in [0.15, 0.2) is 5.82 Å². The summed E-state index contributed by atoms with van der Waals surface area (Å²) in [6, 6.07) is 8.35. The highest BCUT2D eigenvalue weighted by Gasteiger charge is 2.14. The molecule has 0 saturated heterocycles. The number of ether oxygens (including phenoxy) is 1. The number of hydrogen-bond donors (Lipinski definition) is 1.